The molecule has 0 fully saturated rings. The number of nitrogens with zero attached hydrogens (tertiary/aromatic N) is 9. The molecule has 0 aliphatic rings. The van der Waals surface area contributed by atoms with Crippen LogP contribution in [0.1, 0.15) is 152 Å². The third-order valence-electron chi connectivity index (χ3n) is 16.6. The number of aromatic nitrogens is 9. The van der Waals surface area contributed by atoms with Crippen LogP contribution in [0.5, 0.6) is 0 Å². The van der Waals surface area contributed by atoms with Crippen molar-refractivity contribution < 1.29 is 46.9 Å². The van der Waals surface area contributed by atoms with E-state index in [-0.39, 0.29) is 52.4 Å². The number of ether oxygens (including phenoxy) is 2. The molecule has 9 aromatic heterocycles. The zero-order chi connectivity index (χ0) is 72.0. The minimum Gasteiger partial charge on any atom is -0.443 e. The second-order valence-electron chi connectivity index (χ2n) is 26.7. The number of hydrogen-bond acceptors (Lipinski definition) is 16. The fourth-order valence-corrected chi connectivity index (χ4v) is 21.8. The van der Waals surface area contributed by atoms with E-state index in [4.69, 9.17) is 26.1 Å². The largest absolute Gasteiger partial charge is 0.443 e. The Bertz CT molecular complexity index is 4820. The highest BCUT2D eigenvalue weighted by Gasteiger charge is 2.47. The van der Waals surface area contributed by atoms with Crippen LogP contribution < -0.4 is 9.80 Å². The van der Waals surface area contributed by atoms with Gasteiger partial charge >= 0.3 is 12.2 Å². The van der Waals surface area contributed by atoms with Gasteiger partial charge in [-0.25, -0.2) is 62.5 Å². The van der Waals surface area contributed by atoms with E-state index in [9.17, 15) is 37.5 Å². The summed E-state index contributed by atoms with van der Waals surface area (Å²) in [5.41, 5.74) is 6.17. The van der Waals surface area contributed by atoms with Crippen molar-refractivity contribution in [1.82, 2.24) is 44.1 Å². The van der Waals surface area contributed by atoms with Crippen LogP contribution in [0.4, 0.5) is 33.0 Å². The average Bonchev–Trinajstić information content (AvgIpc) is 1.56. The third kappa shape index (κ3) is 17.0. The predicted molar refractivity (Wildman–Crippen MR) is 392 cm³/mol. The monoisotopic (exact) mass is 1450 g/mol. The summed E-state index contributed by atoms with van der Waals surface area (Å²) in [7, 11) is -2.20. The smallest absolute Gasteiger partial charge is 0.416 e. The Kier molecular flexibility index (Phi) is 22.9. The molecule has 520 valence electrons. The number of aliphatic hydroxyl groups is 1. The normalized spacial score (nSPS) is 12.2. The maximum atomic E-state index is 13.6. The number of aromatic amines is 2. The Morgan fingerprint density at radius 2 is 1.01 bits per heavy atom. The molecule has 0 bridgehead atoms. The standard InChI is InChI=1S/C32H42ClFN4O3SSi.C23H21FN4O3S.C19H14FN3OS/c1-19(2)43(20(3)4,21(5)6)38-18-25(24-11-10-16-35-29(24)38)26(39)27-28(33)36-30(42-27)37(31(40)41-32(7,8)9)17-22-12-14-23(34)15-13-22;1-23(2,3)31-22(30)28(13-14-6-8-15(24)9-7-14)21-27-12-18(32-21)19(29)17-11-26-20-16(17)5-4-10-25-20;20-13-6-3-12(4-7-13)5-8-17-22-11-16(25-17)18(24)15-10-23-19-14(15)2-1-9-21-19/h10-16,18-21,26,39H,17H2,1-9H3;4-12H,13H2,1-3H3,(H,25,26);1-4,6-7,9-11H,5,8H2,(H,21,23). The van der Waals surface area contributed by atoms with Gasteiger partial charge in [0.25, 0.3) is 0 Å². The molecule has 0 spiro atoms. The Labute approximate surface area is 595 Å². The van der Waals surface area contributed by atoms with E-state index in [1.54, 1.807) is 121 Å². The minimum atomic E-state index is -2.20. The number of rotatable bonds is 19. The molecule has 1 unspecified atom stereocenters. The van der Waals surface area contributed by atoms with E-state index < -0.39 is 37.7 Å². The van der Waals surface area contributed by atoms with Crippen LogP contribution in [0.25, 0.3) is 33.1 Å². The van der Waals surface area contributed by atoms with Gasteiger partial charge in [0.05, 0.1) is 50.1 Å². The number of carbonyl (C=O) groups excluding carboxylic acids is 4. The van der Waals surface area contributed by atoms with Gasteiger partial charge in [-0.2, -0.15) is 0 Å². The maximum Gasteiger partial charge on any atom is 0.416 e. The second kappa shape index (κ2) is 31.1. The number of halogens is 4. The number of aryl methyl sites for hydroxylation is 2. The molecule has 12 aromatic rings. The SMILES string of the molecule is CC(C)(C)OC(=O)N(Cc1ccc(F)cc1)c1ncc(C(=O)c2c[nH]c3ncccc23)s1.CC(C)[Si](C(C)C)(C(C)C)n1cc(C(O)c2sc(N(Cc3ccc(F)cc3)C(=O)OC(C)(C)C)nc2Cl)c2cccnc21.O=C(c1cnc(CCc2ccc(F)cc2)s1)c1c[nH]c2ncccc12. The number of carbonyl (C=O) groups is 4. The van der Waals surface area contributed by atoms with Crippen molar-refractivity contribution in [1.29, 1.82) is 0 Å². The summed E-state index contributed by atoms with van der Waals surface area (Å²) in [4.78, 5) is 88.6. The highest BCUT2D eigenvalue weighted by Crippen LogP contribution is 2.47. The number of anilines is 2. The summed E-state index contributed by atoms with van der Waals surface area (Å²) in [6.45, 7) is 24.6. The van der Waals surface area contributed by atoms with E-state index >= 15 is 0 Å². The topological polar surface area (TPSA) is 227 Å². The fraction of sp³-hybridized carbons (Fsp3) is 0.297. The lowest BCUT2D eigenvalue weighted by molar-refractivity contribution is 0.0566. The Balaban J connectivity index is 0.000000168. The number of thiazole rings is 3. The van der Waals surface area contributed by atoms with Crippen molar-refractivity contribution in [3.05, 3.63) is 234 Å². The molecule has 18 nitrogen and oxygen atoms in total. The van der Waals surface area contributed by atoms with Crippen molar-refractivity contribution in [2.75, 3.05) is 9.80 Å². The first-order chi connectivity index (χ1) is 47.5. The highest BCUT2D eigenvalue weighted by molar-refractivity contribution is 7.18. The van der Waals surface area contributed by atoms with Crippen LogP contribution in [0, 0.1) is 17.5 Å². The quantitative estimate of drug-likeness (QED) is 0.0506. The van der Waals surface area contributed by atoms with Crippen LogP contribution in [0.3, 0.4) is 0 Å². The van der Waals surface area contributed by atoms with E-state index in [1.165, 1.54) is 63.7 Å². The van der Waals surface area contributed by atoms with E-state index in [0.29, 0.717) is 80.9 Å². The molecule has 9 heterocycles. The predicted octanol–water partition coefficient (Wildman–Crippen LogP) is 18.8. The Morgan fingerprint density at radius 3 is 1.49 bits per heavy atom. The lowest BCUT2D eigenvalue weighted by atomic mass is 10.1. The number of H-pyrrole nitrogens is 2. The molecule has 1 atom stereocenters. The molecule has 12 rings (SSSR count). The molecule has 3 N–H and O–H groups in total. The molecule has 0 aliphatic carbocycles. The van der Waals surface area contributed by atoms with Crippen molar-refractivity contribution in [3.63, 3.8) is 0 Å². The van der Waals surface area contributed by atoms with Crippen LogP contribution in [0.15, 0.2) is 159 Å². The number of aliphatic hydroxyl groups excluding tert-OH is 1. The molecule has 26 heteroatoms. The van der Waals surface area contributed by atoms with E-state index in [2.05, 4.69) is 86.9 Å². The van der Waals surface area contributed by atoms with Gasteiger partial charge in [-0.15, -0.1) is 11.3 Å². The molecule has 100 heavy (non-hydrogen) atoms. The zero-order valence-electron chi connectivity index (χ0n) is 57.3. The summed E-state index contributed by atoms with van der Waals surface area (Å²) in [6.07, 6.45) is 12.7. The molecular weight excluding hydrogens is 1370 g/mol. The number of pyridine rings is 3. The highest BCUT2D eigenvalue weighted by atomic mass is 35.5. The molecule has 0 aliphatic heterocycles. The first kappa shape index (κ1) is 73.5. The van der Waals surface area contributed by atoms with Crippen LogP contribution in [0.2, 0.25) is 21.8 Å². The van der Waals surface area contributed by atoms with Crippen molar-refractivity contribution >= 4 is 121 Å². The van der Waals surface area contributed by atoms with Crippen LogP contribution in [-0.4, -0.2) is 92.4 Å². The van der Waals surface area contributed by atoms with Gasteiger partial charge in [-0.1, -0.05) is 112 Å². The van der Waals surface area contributed by atoms with Gasteiger partial charge in [-0.3, -0.25) is 9.59 Å². The molecule has 3 aromatic carbocycles. The number of amides is 2. The fourth-order valence-electron chi connectivity index (χ4n) is 12.2. The first-order valence-corrected chi connectivity index (χ1v) is 37.4. The van der Waals surface area contributed by atoms with Crippen molar-refractivity contribution in [2.45, 2.75) is 143 Å². The number of benzene rings is 3. The van der Waals surface area contributed by atoms with Crippen LogP contribution >= 0.6 is 45.6 Å². The third-order valence-corrected chi connectivity index (χ3v) is 26.9. The molecule has 2 amide bonds. The molecular formula is C74H77ClF3N11O7S3Si. The van der Waals surface area contributed by atoms with Gasteiger partial charge in [0, 0.05) is 71.5 Å². The summed E-state index contributed by atoms with van der Waals surface area (Å²) < 4.78 is 53.4. The molecule has 0 saturated carbocycles. The number of nitrogens with one attached hydrogen (secondary N) is 2. The molecule has 0 radical (unpaired) electrons. The summed E-state index contributed by atoms with van der Waals surface area (Å²) in [5, 5.41) is 15.9. The van der Waals surface area contributed by atoms with Gasteiger partial charge in [-0.05, 0) is 154 Å². The lowest BCUT2D eigenvalue weighted by Crippen LogP contribution is -2.51. The van der Waals surface area contributed by atoms with Gasteiger partial charge in [0.2, 0.25) is 11.6 Å². The van der Waals surface area contributed by atoms with Crippen LogP contribution in [-0.2, 0) is 35.4 Å². The number of hydrogen-bond donors (Lipinski definition) is 3. The Morgan fingerprint density at radius 1 is 0.570 bits per heavy atom. The van der Waals surface area contributed by atoms with Crippen molar-refractivity contribution in [2.24, 2.45) is 0 Å². The second-order valence-corrected chi connectivity index (χ2v) is 35.9. The van der Waals surface area contributed by atoms with E-state index in [1.807, 2.05) is 30.3 Å². The minimum absolute atomic E-state index is 0.0511. The lowest BCUT2D eigenvalue weighted by Gasteiger charge is -2.44. The number of ketones is 2. The van der Waals surface area contributed by atoms with Gasteiger partial charge < -0.3 is 28.8 Å². The average molecular weight is 1450 g/mol. The van der Waals surface area contributed by atoms with Gasteiger partial charge in [0.15, 0.2) is 18.5 Å². The summed E-state index contributed by atoms with van der Waals surface area (Å²) in [5.74, 6) is -1.25. The first-order valence-electron chi connectivity index (χ1n) is 32.4. The maximum absolute atomic E-state index is 13.6. The van der Waals surface area contributed by atoms with E-state index in [0.717, 1.165) is 62.5 Å². The summed E-state index contributed by atoms with van der Waals surface area (Å²) in [6, 6.07) is 29.3. The zero-order valence-corrected chi connectivity index (χ0v) is 61.5. The van der Waals surface area contributed by atoms with Crippen molar-refractivity contribution in [3.8, 4) is 0 Å². The van der Waals surface area contributed by atoms with Gasteiger partial charge in [0.1, 0.15) is 56.9 Å². The molecule has 0 saturated heterocycles. The Hall–Kier alpha value is -9.24. The summed E-state index contributed by atoms with van der Waals surface area (Å²) >= 11 is 10.3. The number of fused-ring (bicyclic) bond motifs is 3.